The van der Waals surface area contributed by atoms with E-state index < -0.39 is 5.82 Å². The Balaban J connectivity index is 1.42. The molecular weight excluding hydrogens is 451 g/mol. The quantitative estimate of drug-likeness (QED) is 0.453. The summed E-state index contributed by atoms with van der Waals surface area (Å²) in [6.45, 7) is 3.41. The van der Waals surface area contributed by atoms with E-state index in [0.717, 1.165) is 42.8 Å². The van der Waals surface area contributed by atoms with E-state index in [1.165, 1.54) is 29.9 Å². The molecule has 0 aliphatic heterocycles. The Labute approximate surface area is 203 Å². The number of rotatable bonds is 9. The van der Waals surface area contributed by atoms with Gasteiger partial charge in [0.2, 0.25) is 0 Å². The van der Waals surface area contributed by atoms with Crippen LogP contribution in [0.25, 0.3) is 0 Å². The molecule has 8 heteroatoms. The molecule has 0 spiro atoms. The molecule has 1 aromatic carbocycles. The fourth-order valence-corrected chi connectivity index (χ4v) is 5.18. The third-order valence-electron chi connectivity index (χ3n) is 6.19. The average Bonchev–Trinajstić information content (AvgIpc) is 3.49. The lowest BCUT2D eigenvalue weighted by molar-refractivity contribution is 0.0734. The van der Waals surface area contributed by atoms with E-state index in [-0.39, 0.29) is 23.4 Å². The van der Waals surface area contributed by atoms with E-state index in [9.17, 15) is 14.0 Å². The lowest BCUT2D eigenvalue weighted by atomic mass is 9.95. The van der Waals surface area contributed by atoms with Gasteiger partial charge in [-0.05, 0) is 43.5 Å². The van der Waals surface area contributed by atoms with E-state index in [1.807, 2.05) is 35.2 Å². The number of benzene rings is 1. The molecule has 6 nitrogen and oxygen atoms in total. The zero-order valence-corrected chi connectivity index (χ0v) is 20.3. The van der Waals surface area contributed by atoms with Crippen LogP contribution >= 0.6 is 11.3 Å². The second kappa shape index (κ2) is 11.4. The molecule has 3 aromatic rings. The Kier molecular flexibility index (Phi) is 8.11. The van der Waals surface area contributed by atoms with Gasteiger partial charge in [0.1, 0.15) is 16.5 Å². The number of carbonyl (C=O) groups excluding carboxylic acids is 2. The van der Waals surface area contributed by atoms with E-state index in [1.54, 1.807) is 17.0 Å². The number of halogens is 1. The summed E-state index contributed by atoms with van der Waals surface area (Å²) in [6, 6.07) is 10.2. The van der Waals surface area contributed by atoms with Crippen LogP contribution in [-0.4, -0.2) is 38.9 Å². The smallest absolute Gasteiger partial charge is 0.270 e. The van der Waals surface area contributed by atoms with Gasteiger partial charge in [-0.2, -0.15) is 0 Å². The molecule has 1 aliphatic carbocycles. The maximum Gasteiger partial charge on any atom is 0.270 e. The molecular formula is C26H31FN4O2S. The molecule has 1 saturated carbocycles. The van der Waals surface area contributed by atoms with Crippen molar-refractivity contribution in [1.82, 2.24) is 19.8 Å². The first-order valence-corrected chi connectivity index (χ1v) is 12.9. The summed E-state index contributed by atoms with van der Waals surface area (Å²) in [4.78, 5) is 31.8. The van der Waals surface area contributed by atoms with Crippen LogP contribution in [0.2, 0.25) is 0 Å². The number of hydrogen-bond acceptors (Lipinski definition) is 4. The largest absolute Gasteiger partial charge is 0.348 e. The van der Waals surface area contributed by atoms with E-state index in [2.05, 4.69) is 10.3 Å². The Bertz CT molecular complexity index is 1120. The first kappa shape index (κ1) is 24.1. The fourth-order valence-electron chi connectivity index (χ4n) is 4.41. The molecule has 1 fully saturated rings. The van der Waals surface area contributed by atoms with Crippen LogP contribution in [0.4, 0.5) is 4.39 Å². The van der Waals surface area contributed by atoms with Gasteiger partial charge in [-0.25, -0.2) is 9.37 Å². The van der Waals surface area contributed by atoms with Gasteiger partial charge in [0.15, 0.2) is 0 Å². The highest BCUT2D eigenvalue weighted by Gasteiger charge is 2.21. The Morgan fingerprint density at radius 2 is 1.97 bits per heavy atom. The summed E-state index contributed by atoms with van der Waals surface area (Å²) in [6.07, 6.45) is 8.36. The molecule has 180 valence electrons. The van der Waals surface area contributed by atoms with Crippen molar-refractivity contribution in [1.29, 1.82) is 0 Å². The maximum atomic E-state index is 14.2. The van der Waals surface area contributed by atoms with E-state index in [4.69, 9.17) is 0 Å². The summed E-state index contributed by atoms with van der Waals surface area (Å²) >= 11 is 1.46. The van der Waals surface area contributed by atoms with Gasteiger partial charge < -0.3 is 14.8 Å². The number of carbonyl (C=O) groups is 2. The van der Waals surface area contributed by atoms with Gasteiger partial charge in [0, 0.05) is 29.9 Å². The highest BCUT2D eigenvalue weighted by atomic mass is 32.1. The zero-order chi connectivity index (χ0) is 23.9. The minimum atomic E-state index is -0.509. The summed E-state index contributed by atoms with van der Waals surface area (Å²) < 4.78 is 16.2. The Hall–Kier alpha value is -3.00. The normalized spacial score (nSPS) is 14.2. The SMILES string of the molecule is CCCN(Cc1cccn1Cc1nc(C(=O)NC2CCCCC2)cs1)C(=O)c1ccccc1F. The van der Waals surface area contributed by atoms with E-state index >= 15 is 0 Å². The van der Waals surface area contributed by atoms with Crippen LogP contribution in [0.1, 0.15) is 77.0 Å². The van der Waals surface area contributed by atoms with Crippen molar-refractivity contribution in [2.75, 3.05) is 6.54 Å². The van der Waals surface area contributed by atoms with Gasteiger partial charge >= 0.3 is 0 Å². The fraction of sp³-hybridized carbons (Fsp3) is 0.423. The predicted octanol–water partition coefficient (Wildman–Crippen LogP) is 5.25. The number of nitrogens with zero attached hydrogens (tertiary/aromatic N) is 3. The standard InChI is InChI=1S/C26H31FN4O2S/c1-2-14-31(26(33)21-12-6-7-13-22(21)27)16-20-11-8-15-30(20)17-24-29-23(18-34-24)25(32)28-19-9-4-3-5-10-19/h6-8,11-13,15,18-19H,2-5,9-10,14,16-17H2,1H3,(H,28,32). The summed E-state index contributed by atoms with van der Waals surface area (Å²) in [7, 11) is 0. The molecule has 2 heterocycles. The molecule has 1 N–H and O–H groups in total. The van der Waals surface area contributed by atoms with Crippen molar-refractivity contribution >= 4 is 23.2 Å². The Morgan fingerprint density at radius 3 is 2.74 bits per heavy atom. The lowest BCUT2D eigenvalue weighted by Gasteiger charge is -2.23. The Morgan fingerprint density at radius 1 is 1.18 bits per heavy atom. The molecule has 0 atom stereocenters. The number of aromatic nitrogens is 2. The minimum absolute atomic E-state index is 0.0857. The van der Waals surface area contributed by atoms with E-state index in [0.29, 0.717) is 25.3 Å². The first-order valence-electron chi connectivity index (χ1n) is 12.0. The zero-order valence-electron chi connectivity index (χ0n) is 19.5. The topological polar surface area (TPSA) is 67.2 Å². The van der Waals surface area contributed by atoms with Crippen molar-refractivity contribution < 1.29 is 14.0 Å². The molecule has 34 heavy (non-hydrogen) atoms. The molecule has 1 aliphatic rings. The van der Waals surface area contributed by atoms with Crippen LogP contribution in [0.5, 0.6) is 0 Å². The van der Waals surface area contributed by atoms with Crippen LogP contribution in [0.3, 0.4) is 0 Å². The summed E-state index contributed by atoms with van der Waals surface area (Å²) in [5, 5.41) is 5.75. The predicted molar refractivity (Wildman–Crippen MR) is 131 cm³/mol. The third kappa shape index (κ3) is 5.91. The monoisotopic (exact) mass is 482 g/mol. The van der Waals surface area contributed by atoms with Crippen molar-refractivity contribution in [3.63, 3.8) is 0 Å². The molecule has 0 bridgehead atoms. The van der Waals surface area contributed by atoms with Crippen LogP contribution in [0, 0.1) is 5.82 Å². The van der Waals surface area contributed by atoms with Gasteiger partial charge in [-0.3, -0.25) is 9.59 Å². The molecule has 2 aromatic heterocycles. The summed E-state index contributed by atoms with van der Waals surface area (Å²) in [5.41, 5.74) is 1.48. The summed E-state index contributed by atoms with van der Waals surface area (Å²) in [5.74, 6) is -0.929. The highest BCUT2D eigenvalue weighted by Crippen LogP contribution is 2.20. The van der Waals surface area contributed by atoms with Crippen LogP contribution in [-0.2, 0) is 13.1 Å². The van der Waals surface area contributed by atoms with Crippen LogP contribution < -0.4 is 5.32 Å². The van der Waals surface area contributed by atoms with Crippen molar-refractivity contribution in [3.05, 3.63) is 75.8 Å². The van der Waals surface area contributed by atoms with Crippen LogP contribution in [0.15, 0.2) is 48.0 Å². The molecule has 0 unspecified atom stereocenters. The second-order valence-electron chi connectivity index (χ2n) is 8.77. The lowest BCUT2D eigenvalue weighted by Crippen LogP contribution is -2.36. The first-order chi connectivity index (χ1) is 16.5. The van der Waals surface area contributed by atoms with Crippen molar-refractivity contribution in [2.45, 2.75) is 64.6 Å². The van der Waals surface area contributed by atoms with Crippen molar-refractivity contribution in [3.8, 4) is 0 Å². The van der Waals surface area contributed by atoms with Gasteiger partial charge in [-0.15, -0.1) is 11.3 Å². The molecule has 0 saturated heterocycles. The number of hydrogen-bond donors (Lipinski definition) is 1. The van der Waals surface area contributed by atoms with Gasteiger partial charge in [0.05, 0.1) is 18.7 Å². The third-order valence-corrected chi connectivity index (χ3v) is 7.03. The number of amides is 2. The molecule has 4 rings (SSSR count). The minimum Gasteiger partial charge on any atom is -0.348 e. The van der Waals surface area contributed by atoms with Gasteiger partial charge in [-0.1, -0.05) is 38.3 Å². The average molecular weight is 483 g/mol. The molecule has 0 radical (unpaired) electrons. The maximum absolute atomic E-state index is 14.2. The second-order valence-corrected chi connectivity index (χ2v) is 9.71. The highest BCUT2D eigenvalue weighted by molar-refractivity contribution is 7.09. The number of thiazole rings is 1. The molecule has 2 amide bonds. The van der Waals surface area contributed by atoms with Crippen molar-refractivity contribution in [2.24, 2.45) is 0 Å². The van der Waals surface area contributed by atoms with Gasteiger partial charge in [0.25, 0.3) is 11.8 Å². The number of nitrogens with one attached hydrogen (secondary N) is 1.